The van der Waals surface area contributed by atoms with E-state index in [1.807, 2.05) is 0 Å². The molecule has 2 N–H and O–H groups in total. The quantitative estimate of drug-likeness (QED) is 0.800. The highest BCUT2D eigenvalue weighted by Crippen LogP contribution is 2.27. The Morgan fingerprint density at radius 2 is 1.73 bits per heavy atom. The highest BCUT2D eigenvalue weighted by molar-refractivity contribution is 7.99. The van der Waals surface area contributed by atoms with Crippen LogP contribution < -0.4 is 5.73 Å². The number of likely N-dealkylation sites (tertiary alicyclic amines) is 1. The van der Waals surface area contributed by atoms with Gasteiger partial charge in [0.25, 0.3) is 0 Å². The molecule has 0 aromatic rings. The summed E-state index contributed by atoms with van der Waals surface area (Å²) in [5.41, 5.74) is 5.62. The summed E-state index contributed by atoms with van der Waals surface area (Å²) in [7, 11) is 0. The topological polar surface area (TPSA) is 29.3 Å². The first-order valence-corrected chi connectivity index (χ1v) is 7.57. The lowest BCUT2D eigenvalue weighted by Crippen LogP contribution is -2.43. The van der Waals surface area contributed by atoms with Crippen LogP contribution in [0.15, 0.2) is 0 Å². The molecule has 0 aromatic heterocycles. The van der Waals surface area contributed by atoms with E-state index in [2.05, 4.69) is 16.7 Å². The van der Waals surface area contributed by atoms with Gasteiger partial charge in [-0.3, -0.25) is 0 Å². The molecule has 2 aliphatic heterocycles. The number of nitrogens with zero attached hydrogens (tertiary/aromatic N) is 1. The second-order valence-corrected chi connectivity index (χ2v) is 6.12. The maximum atomic E-state index is 5.62. The molecule has 0 saturated carbocycles. The Labute approximate surface area is 98.0 Å². The number of thioether (sulfide) groups is 1. The lowest BCUT2D eigenvalue weighted by atomic mass is 9.92. The van der Waals surface area contributed by atoms with Crippen molar-refractivity contribution in [3.05, 3.63) is 0 Å². The van der Waals surface area contributed by atoms with Crippen molar-refractivity contribution < 1.29 is 0 Å². The molecule has 88 valence electrons. The zero-order valence-corrected chi connectivity index (χ0v) is 10.5. The van der Waals surface area contributed by atoms with Gasteiger partial charge < -0.3 is 10.6 Å². The molecule has 0 atom stereocenters. The average molecular weight is 228 g/mol. The Kier molecular flexibility index (Phi) is 4.79. The van der Waals surface area contributed by atoms with Gasteiger partial charge in [0.2, 0.25) is 0 Å². The van der Waals surface area contributed by atoms with Gasteiger partial charge in [-0.15, -0.1) is 0 Å². The van der Waals surface area contributed by atoms with Crippen LogP contribution in [0.2, 0.25) is 0 Å². The summed E-state index contributed by atoms with van der Waals surface area (Å²) >= 11 is 2.13. The van der Waals surface area contributed by atoms with Crippen LogP contribution in [0.25, 0.3) is 0 Å². The van der Waals surface area contributed by atoms with E-state index in [9.17, 15) is 0 Å². The van der Waals surface area contributed by atoms with E-state index in [-0.39, 0.29) is 0 Å². The summed E-state index contributed by atoms with van der Waals surface area (Å²) in [6, 6.07) is 0.907. The third-order valence-electron chi connectivity index (χ3n) is 3.93. The first kappa shape index (κ1) is 11.7. The Morgan fingerprint density at radius 1 is 1.07 bits per heavy atom. The highest BCUT2D eigenvalue weighted by atomic mass is 32.2. The maximum Gasteiger partial charge on any atom is 0.0111 e. The molecule has 2 aliphatic rings. The second-order valence-electron chi connectivity index (χ2n) is 4.90. The fourth-order valence-electron chi connectivity index (χ4n) is 2.89. The molecule has 0 unspecified atom stereocenters. The van der Waals surface area contributed by atoms with Crippen LogP contribution >= 0.6 is 11.8 Å². The molecule has 2 rings (SSSR count). The molecule has 2 fully saturated rings. The van der Waals surface area contributed by atoms with Crippen molar-refractivity contribution in [3.63, 3.8) is 0 Å². The molecule has 0 spiro atoms. The van der Waals surface area contributed by atoms with Crippen molar-refractivity contribution in [3.8, 4) is 0 Å². The number of piperidine rings is 1. The average Bonchev–Trinajstić information content (AvgIpc) is 2.32. The lowest BCUT2D eigenvalue weighted by Gasteiger charge is -2.39. The summed E-state index contributed by atoms with van der Waals surface area (Å²) in [6.07, 6.45) is 6.87. The van der Waals surface area contributed by atoms with Crippen LogP contribution in [0.4, 0.5) is 0 Å². The molecule has 2 nitrogen and oxygen atoms in total. The highest BCUT2D eigenvalue weighted by Gasteiger charge is 2.25. The molecule has 0 radical (unpaired) electrons. The molecule has 15 heavy (non-hydrogen) atoms. The third kappa shape index (κ3) is 3.36. The van der Waals surface area contributed by atoms with E-state index in [0.717, 1.165) is 18.5 Å². The third-order valence-corrected chi connectivity index (χ3v) is 4.98. The zero-order valence-electron chi connectivity index (χ0n) is 9.66. The zero-order chi connectivity index (χ0) is 10.5. The molecular weight excluding hydrogens is 204 g/mol. The van der Waals surface area contributed by atoms with E-state index in [1.165, 1.54) is 56.7 Å². The summed E-state index contributed by atoms with van der Waals surface area (Å²) in [6.45, 7) is 3.55. The van der Waals surface area contributed by atoms with Gasteiger partial charge in [-0.05, 0) is 69.2 Å². The molecular formula is C12H24N2S. The van der Waals surface area contributed by atoms with Crippen molar-refractivity contribution in [1.29, 1.82) is 0 Å². The number of rotatable bonds is 3. The number of hydrogen-bond donors (Lipinski definition) is 1. The van der Waals surface area contributed by atoms with Gasteiger partial charge in [-0.2, -0.15) is 11.8 Å². The maximum absolute atomic E-state index is 5.62. The molecule has 2 heterocycles. The Bertz CT molecular complexity index is 172. The summed E-state index contributed by atoms with van der Waals surface area (Å²) in [4.78, 5) is 2.74. The Balaban J connectivity index is 1.72. The first-order valence-electron chi connectivity index (χ1n) is 6.42. The predicted molar refractivity (Wildman–Crippen MR) is 68.3 cm³/mol. The monoisotopic (exact) mass is 228 g/mol. The minimum atomic E-state index is 0.880. The SMILES string of the molecule is NCCC1CCN(C2CCSCC2)CC1. The minimum Gasteiger partial charge on any atom is -0.330 e. The Morgan fingerprint density at radius 3 is 2.33 bits per heavy atom. The van der Waals surface area contributed by atoms with Crippen LogP contribution in [0.5, 0.6) is 0 Å². The molecule has 0 bridgehead atoms. The number of hydrogen-bond acceptors (Lipinski definition) is 3. The van der Waals surface area contributed by atoms with Crippen molar-refractivity contribution in [1.82, 2.24) is 4.90 Å². The predicted octanol–water partition coefficient (Wildman–Crippen LogP) is 1.94. The van der Waals surface area contributed by atoms with E-state index in [1.54, 1.807) is 0 Å². The van der Waals surface area contributed by atoms with Crippen LogP contribution in [0.3, 0.4) is 0 Å². The van der Waals surface area contributed by atoms with Crippen molar-refractivity contribution >= 4 is 11.8 Å². The van der Waals surface area contributed by atoms with Crippen molar-refractivity contribution in [2.45, 2.75) is 38.1 Å². The van der Waals surface area contributed by atoms with E-state index in [0.29, 0.717) is 0 Å². The molecule has 3 heteroatoms. The van der Waals surface area contributed by atoms with Crippen molar-refractivity contribution in [2.24, 2.45) is 11.7 Å². The van der Waals surface area contributed by atoms with Gasteiger partial charge in [-0.25, -0.2) is 0 Å². The van der Waals surface area contributed by atoms with E-state index in [4.69, 9.17) is 5.73 Å². The summed E-state index contributed by atoms with van der Waals surface area (Å²) in [5, 5.41) is 0. The summed E-state index contributed by atoms with van der Waals surface area (Å²) in [5.74, 6) is 3.69. The van der Waals surface area contributed by atoms with Crippen LogP contribution in [0, 0.1) is 5.92 Å². The largest absolute Gasteiger partial charge is 0.330 e. The first-order chi connectivity index (χ1) is 7.40. The second kappa shape index (κ2) is 6.12. The standard InChI is InChI=1S/C12H24N2S/c13-6-1-11-2-7-14(8-3-11)12-4-9-15-10-5-12/h11-12H,1-10,13H2. The molecule has 2 saturated heterocycles. The van der Waals surface area contributed by atoms with Crippen molar-refractivity contribution in [2.75, 3.05) is 31.1 Å². The van der Waals surface area contributed by atoms with Crippen LogP contribution in [0.1, 0.15) is 32.1 Å². The van der Waals surface area contributed by atoms with Crippen LogP contribution in [-0.2, 0) is 0 Å². The van der Waals surface area contributed by atoms with Gasteiger partial charge in [0.1, 0.15) is 0 Å². The molecule has 0 aliphatic carbocycles. The minimum absolute atomic E-state index is 0.880. The fourth-order valence-corrected chi connectivity index (χ4v) is 3.97. The molecule has 0 amide bonds. The summed E-state index contributed by atoms with van der Waals surface area (Å²) < 4.78 is 0. The number of nitrogens with two attached hydrogens (primary N) is 1. The van der Waals surface area contributed by atoms with Gasteiger partial charge in [0.15, 0.2) is 0 Å². The van der Waals surface area contributed by atoms with Gasteiger partial charge in [0, 0.05) is 6.04 Å². The Hall–Kier alpha value is 0.270. The van der Waals surface area contributed by atoms with Gasteiger partial charge in [0.05, 0.1) is 0 Å². The normalized spacial score (nSPS) is 27.0. The lowest BCUT2D eigenvalue weighted by molar-refractivity contribution is 0.123. The van der Waals surface area contributed by atoms with Gasteiger partial charge >= 0.3 is 0 Å². The fraction of sp³-hybridized carbons (Fsp3) is 1.00. The van der Waals surface area contributed by atoms with E-state index >= 15 is 0 Å². The smallest absolute Gasteiger partial charge is 0.0111 e. The van der Waals surface area contributed by atoms with E-state index < -0.39 is 0 Å². The van der Waals surface area contributed by atoms with Crippen LogP contribution in [-0.4, -0.2) is 42.1 Å². The van der Waals surface area contributed by atoms with Gasteiger partial charge in [-0.1, -0.05) is 0 Å². The molecule has 0 aromatic carbocycles.